The molecular formula is C16H16BrNO2S. The predicted octanol–water partition coefficient (Wildman–Crippen LogP) is 4.39. The van der Waals surface area contributed by atoms with E-state index in [1.54, 1.807) is 11.8 Å². The average Bonchev–Trinajstić information content (AvgIpc) is 2.49. The van der Waals surface area contributed by atoms with E-state index in [0.717, 1.165) is 31.3 Å². The van der Waals surface area contributed by atoms with E-state index >= 15 is 0 Å². The van der Waals surface area contributed by atoms with Crippen LogP contribution in [0.3, 0.4) is 0 Å². The minimum absolute atomic E-state index is 0.0367. The lowest BCUT2D eigenvalue weighted by Gasteiger charge is -2.18. The first-order chi connectivity index (χ1) is 10.1. The molecule has 0 saturated heterocycles. The topological polar surface area (TPSA) is 44.5 Å². The second-order valence-electron chi connectivity index (χ2n) is 4.89. The van der Waals surface area contributed by atoms with Crippen molar-refractivity contribution in [2.24, 2.45) is 5.73 Å². The molecule has 0 amide bonds. The van der Waals surface area contributed by atoms with E-state index in [1.165, 1.54) is 0 Å². The van der Waals surface area contributed by atoms with E-state index in [2.05, 4.69) is 34.1 Å². The van der Waals surface area contributed by atoms with Crippen molar-refractivity contribution < 1.29 is 9.47 Å². The Morgan fingerprint density at radius 3 is 2.57 bits per heavy atom. The van der Waals surface area contributed by atoms with Crippen LogP contribution < -0.4 is 15.2 Å². The molecule has 0 aromatic heterocycles. The molecule has 1 atom stereocenters. The van der Waals surface area contributed by atoms with Gasteiger partial charge in [0.1, 0.15) is 13.2 Å². The molecule has 3 rings (SSSR count). The maximum absolute atomic E-state index is 5.90. The molecule has 0 spiro atoms. The molecule has 1 heterocycles. The summed E-state index contributed by atoms with van der Waals surface area (Å²) in [5, 5.41) is 0. The molecule has 21 heavy (non-hydrogen) atoms. The van der Waals surface area contributed by atoms with E-state index in [4.69, 9.17) is 15.2 Å². The number of halogens is 1. The number of fused-ring (bicyclic) bond motifs is 1. The highest BCUT2D eigenvalue weighted by molar-refractivity contribution is 9.10. The highest BCUT2D eigenvalue weighted by Crippen LogP contribution is 2.39. The second kappa shape index (κ2) is 6.30. The highest BCUT2D eigenvalue weighted by atomic mass is 79.9. The zero-order chi connectivity index (χ0) is 14.8. The summed E-state index contributed by atoms with van der Waals surface area (Å²) in [6.07, 6.45) is 0. The quantitative estimate of drug-likeness (QED) is 0.875. The third-order valence-corrected chi connectivity index (χ3v) is 5.21. The third-order valence-electron chi connectivity index (χ3n) is 3.22. The first-order valence-electron chi connectivity index (χ1n) is 6.76. The minimum Gasteiger partial charge on any atom is -0.486 e. The van der Waals surface area contributed by atoms with E-state index in [1.807, 2.05) is 25.1 Å². The smallest absolute Gasteiger partial charge is 0.162 e. The maximum atomic E-state index is 5.90. The molecule has 2 N–H and O–H groups in total. The van der Waals surface area contributed by atoms with Gasteiger partial charge in [-0.2, -0.15) is 0 Å². The molecule has 0 aliphatic carbocycles. The molecule has 3 nitrogen and oxygen atoms in total. The lowest BCUT2D eigenvalue weighted by atomic mass is 10.1. The van der Waals surface area contributed by atoms with Gasteiger partial charge in [-0.3, -0.25) is 0 Å². The summed E-state index contributed by atoms with van der Waals surface area (Å²) in [4.78, 5) is 2.27. The third kappa shape index (κ3) is 3.36. The number of hydrogen-bond donors (Lipinski definition) is 1. The van der Waals surface area contributed by atoms with E-state index in [0.29, 0.717) is 13.2 Å². The molecule has 2 aromatic rings. The second-order valence-corrected chi connectivity index (χ2v) is 6.86. The molecule has 0 bridgehead atoms. The molecular weight excluding hydrogens is 350 g/mol. The molecule has 1 unspecified atom stereocenters. The van der Waals surface area contributed by atoms with E-state index in [-0.39, 0.29) is 6.04 Å². The summed E-state index contributed by atoms with van der Waals surface area (Å²) >= 11 is 5.30. The van der Waals surface area contributed by atoms with Crippen LogP contribution in [-0.4, -0.2) is 13.2 Å². The first-order valence-corrected chi connectivity index (χ1v) is 8.37. The SMILES string of the molecule is CC(N)c1ccc(Sc2ccc3c(c2)OCCO3)c(Br)c1. The van der Waals surface area contributed by atoms with Crippen LogP contribution in [0, 0.1) is 0 Å². The zero-order valence-electron chi connectivity index (χ0n) is 11.6. The molecule has 5 heteroatoms. The van der Waals surface area contributed by atoms with Gasteiger partial charge in [-0.15, -0.1) is 0 Å². The fourth-order valence-electron chi connectivity index (χ4n) is 2.10. The molecule has 1 aliphatic rings. The molecule has 0 saturated carbocycles. The van der Waals surface area contributed by atoms with Crippen LogP contribution in [0.4, 0.5) is 0 Å². The average molecular weight is 366 g/mol. The standard InChI is InChI=1S/C16H16BrNO2S/c1-10(18)11-2-5-16(13(17)8-11)21-12-3-4-14-15(9-12)20-7-6-19-14/h2-5,8-10H,6-7,18H2,1H3. The monoisotopic (exact) mass is 365 g/mol. The van der Waals surface area contributed by atoms with Gasteiger partial charge in [0.25, 0.3) is 0 Å². The molecule has 1 aliphatic heterocycles. The Morgan fingerprint density at radius 2 is 1.86 bits per heavy atom. The number of ether oxygens (including phenoxy) is 2. The van der Waals surface area contributed by atoms with Gasteiger partial charge in [0.05, 0.1) is 0 Å². The fourth-order valence-corrected chi connectivity index (χ4v) is 3.59. The van der Waals surface area contributed by atoms with Crippen LogP contribution in [-0.2, 0) is 0 Å². The Hall–Kier alpha value is -1.17. The fraction of sp³-hybridized carbons (Fsp3) is 0.250. The van der Waals surface area contributed by atoms with Crippen molar-refractivity contribution in [2.45, 2.75) is 22.8 Å². The Balaban J connectivity index is 1.83. The van der Waals surface area contributed by atoms with Crippen LogP contribution in [0.1, 0.15) is 18.5 Å². The van der Waals surface area contributed by atoms with Crippen molar-refractivity contribution in [2.75, 3.05) is 13.2 Å². The summed E-state index contributed by atoms with van der Waals surface area (Å²) in [5.74, 6) is 1.63. The van der Waals surface area contributed by atoms with Gasteiger partial charge in [-0.1, -0.05) is 17.8 Å². The summed E-state index contributed by atoms with van der Waals surface area (Å²) in [7, 11) is 0. The van der Waals surface area contributed by atoms with Gasteiger partial charge in [-0.05, 0) is 58.7 Å². The van der Waals surface area contributed by atoms with Crippen LogP contribution in [0.5, 0.6) is 11.5 Å². The number of nitrogens with two attached hydrogens (primary N) is 1. The van der Waals surface area contributed by atoms with Crippen LogP contribution in [0.15, 0.2) is 50.7 Å². The number of rotatable bonds is 3. The Bertz CT molecular complexity index is 661. The molecule has 0 fully saturated rings. The Kier molecular flexibility index (Phi) is 4.42. The molecule has 0 radical (unpaired) electrons. The van der Waals surface area contributed by atoms with Gasteiger partial charge in [-0.25, -0.2) is 0 Å². The van der Waals surface area contributed by atoms with Gasteiger partial charge >= 0.3 is 0 Å². The van der Waals surface area contributed by atoms with Crippen LogP contribution in [0.25, 0.3) is 0 Å². The minimum atomic E-state index is 0.0367. The summed E-state index contributed by atoms with van der Waals surface area (Å²) < 4.78 is 12.2. The number of hydrogen-bond acceptors (Lipinski definition) is 4. The van der Waals surface area contributed by atoms with Crippen molar-refractivity contribution in [1.29, 1.82) is 0 Å². The lowest BCUT2D eigenvalue weighted by molar-refractivity contribution is 0.171. The Labute approximate surface area is 137 Å². The molecule has 110 valence electrons. The molecule has 2 aromatic carbocycles. The van der Waals surface area contributed by atoms with Gasteiger partial charge in [0.15, 0.2) is 11.5 Å². The predicted molar refractivity (Wildman–Crippen MR) is 88.3 cm³/mol. The van der Waals surface area contributed by atoms with Crippen molar-refractivity contribution >= 4 is 27.7 Å². The van der Waals surface area contributed by atoms with Gasteiger partial charge in [0, 0.05) is 20.3 Å². The largest absolute Gasteiger partial charge is 0.486 e. The zero-order valence-corrected chi connectivity index (χ0v) is 14.0. The van der Waals surface area contributed by atoms with Gasteiger partial charge < -0.3 is 15.2 Å². The first kappa shape index (κ1) is 14.8. The van der Waals surface area contributed by atoms with E-state index in [9.17, 15) is 0 Å². The highest BCUT2D eigenvalue weighted by Gasteiger charge is 2.13. The lowest BCUT2D eigenvalue weighted by Crippen LogP contribution is -2.15. The van der Waals surface area contributed by atoms with Crippen molar-refractivity contribution in [1.82, 2.24) is 0 Å². The number of benzene rings is 2. The van der Waals surface area contributed by atoms with Crippen LogP contribution >= 0.6 is 27.7 Å². The summed E-state index contributed by atoms with van der Waals surface area (Å²) in [5.41, 5.74) is 7.02. The summed E-state index contributed by atoms with van der Waals surface area (Å²) in [6, 6.07) is 12.3. The van der Waals surface area contributed by atoms with Gasteiger partial charge in [0.2, 0.25) is 0 Å². The van der Waals surface area contributed by atoms with E-state index < -0.39 is 0 Å². The van der Waals surface area contributed by atoms with Crippen molar-refractivity contribution in [3.05, 3.63) is 46.4 Å². The van der Waals surface area contributed by atoms with Crippen LogP contribution in [0.2, 0.25) is 0 Å². The Morgan fingerprint density at radius 1 is 1.10 bits per heavy atom. The normalized spacial score (nSPS) is 14.8. The van der Waals surface area contributed by atoms with Crippen molar-refractivity contribution in [3.63, 3.8) is 0 Å². The maximum Gasteiger partial charge on any atom is 0.162 e. The van der Waals surface area contributed by atoms with Crippen molar-refractivity contribution in [3.8, 4) is 11.5 Å². The summed E-state index contributed by atoms with van der Waals surface area (Å²) in [6.45, 7) is 3.20.